The van der Waals surface area contributed by atoms with E-state index in [0.29, 0.717) is 23.5 Å². The highest BCUT2D eigenvalue weighted by molar-refractivity contribution is 5.96. The Bertz CT molecular complexity index is 724. The van der Waals surface area contributed by atoms with Gasteiger partial charge in [0.05, 0.1) is 7.11 Å². The second kappa shape index (κ2) is 6.52. The molecule has 2 aromatic rings. The second-order valence-electron chi connectivity index (χ2n) is 5.23. The van der Waals surface area contributed by atoms with E-state index >= 15 is 0 Å². The standard InChI is InChI=1S/C18H17NO4/c1-22-16-6-3-2-5-15(16)18(21)23-14-10-8-13(9-11-14)19-12-4-7-17(19)20/h2-3,5-6,8-11H,4,7,12H2,1H3. The molecule has 0 aromatic heterocycles. The molecule has 1 aliphatic heterocycles. The summed E-state index contributed by atoms with van der Waals surface area (Å²) < 4.78 is 10.5. The molecule has 0 unspecified atom stereocenters. The minimum atomic E-state index is -0.479. The minimum absolute atomic E-state index is 0.128. The molecule has 0 bridgehead atoms. The fraction of sp³-hybridized carbons (Fsp3) is 0.222. The molecule has 3 rings (SSSR count). The average Bonchev–Trinajstić information content (AvgIpc) is 3.01. The molecule has 0 radical (unpaired) electrons. The summed E-state index contributed by atoms with van der Waals surface area (Å²) in [5.74, 6) is 0.546. The molecule has 0 atom stereocenters. The first-order chi connectivity index (χ1) is 11.2. The van der Waals surface area contributed by atoms with Crippen LogP contribution in [0.3, 0.4) is 0 Å². The highest BCUT2D eigenvalue weighted by Crippen LogP contribution is 2.25. The van der Waals surface area contributed by atoms with E-state index in [9.17, 15) is 9.59 Å². The van der Waals surface area contributed by atoms with Crippen LogP contribution in [0.25, 0.3) is 0 Å². The summed E-state index contributed by atoms with van der Waals surface area (Å²) in [5, 5.41) is 0. The van der Waals surface area contributed by atoms with E-state index in [2.05, 4.69) is 0 Å². The van der Waals surface area contributed by atoms with Gasteiger partial charge in [-0.1, -0.05) is 12.1 Å². The van der Waals surface area contributed by atoms with Crippen LogP contribution in [-0.2, 0) is 4.79 Å². The van der Waals surface area contributed by atoms with Crippen LogP contribution in [0.2, 0.25) is 0 Å². The highest BCUT2D eigenvalue weighted by atomic mass is 16.5. The van der Waals surface area contributed by atoms with E-state index in [1.165, 1.54) is 7.11 Å². The number of esters is 1. The Balaban J connectivity index is 1.73. The van der Waals surface area contributed by atoms with Gasteiger partial charge < -0.3 is 14.4 Å². The lowest BCUT2D eigenvalue weighted by atomic mass is 10.2. The predicted molar refractivity (Wildman–Crippen MR) is 86.0 cm³/mol. The number of methoxy groups -OCH3 is 1. The Labute approximate surface area is 134 Å². The fourth-order valence-corrected chi connectivity index (χ4v) is 2.59. The van der Waals surface area contributed by atoms with E-state index in [-0.39, 0.29) is 5.91 Å². The van der Waals surface area contributed by atoms with Crippen molar-refractivity contribution in [1.82, 2.24) is 0 Å². The van der Waals surface area contributed by atoms with Crippen molar-refractivity contribution in [1.29, 1.82) is 0 Å². The van der Waals surface area contributed by atoms with Crippen molar-refractivity contribution in [3.8, 4) is 11.5 Å². The first-order valence-electron chi connectivity index (χ1n) is 7.44. The van der Waals surface area contributed by atoms with Gasteiger partial charge in [-0.2, -0.15) is 0 Å². The average molecular weight is 311 g/mol. The van der Waals surface area contributed by atoms with Gasteiger partial charge >= 0.3 is 5.97 Å². The molecule has 0 spiro atoms. The maximum absolute atomic E-state index is 12.2. The number of anilines is 1. The number of para-hydroxylation sites is 1. The van der Waals surface area contributed by atoms with Crippen LogP contribution in [0.5, 0.6) is 11.5 Å². The van der Waals surface area contributed by atoms with Crippen molar-refractivity contribution in [2.24, 2.45) is 0 Å². The molecule has 1 heterocycles. The molecule has 0 saturated carbocycles. The first-order valence-corrected chi connectivity index (χ1v) is 7.44. The molecule has 1 saturated heterocycles. The second-order valence-corrected chi connectivity index (χ2v) is 5.23. The molecule has 118 valence electrons. The summed E-state index contributed by atoms with van der Waals surface area (Å²) in [7, 11) is 1.51. The van der Waals surface area contributed by atoms with Gasteiger partial charge in [0.15, 0.2) is 0 Å². The van der Waals surface area contributed by atoms with Crippen LogP contribution >= 0.6 is 0 Å². The topological polar surface area (TPSA) is 55.8 Å². The van der Waals surface area contributed by atoms with Crippen molar-refractivity contribution in [3.05, 3.63) is 54.1 Å². The SMILES string of the molecule is COc1ccccc1C(=O)Oc1ccc(N2CCCC2=O)cc1. The van der Waals surface area contributed by atoms with Gasteiger partial charge in [-0.15, -0.1) is 0 Å². The quantitative estimate of drug-likeness (QED) is 0.643. The molecule has 0 aliphatic carbocycles. The van der Waals surface area contributed by atoms with Crippen molar-refractivity contribution >= 4 is 17.6 Å². The zero-order valence-corrected chi connectivity index (χ0v) is 12.8. The Morgan fingerprint density at radius 1 is 1.09 bits per heavy atom. The van der Waals surface area contributed by atoms with E-state index < -0.39 is 5.97 Å². The Morgan fingerprint density at radius 3 is 2.48 bits per heavy atom. The third-order valence-corrected chi connectivity index (χ3v) is 3.76. The number of carbonyl (C=O) groups is 2. The number of rotatable bonds is 4. The van der Waals surface area contributed by atoms with Gasteiger partial charge in [0, 0.05) is 18.7 Å². The molecular weight excluding hydrogens is 294 g/mol. The van der Waals surface area contributed by atoms with Gasteiger partial charge in [-0.05, 0) is 42.8 Å². The molecule has 5 nitrogen and oxygen atoms in total. The number of hydrogen-bond donors (Lipinski definition) is 0. The number of ether oxygens (including phenoxy) is 2. The number of nitrogens with zero attached hydrogens (tertiary/aromatic N) is 1. The Kier molecular flexibility index (Phi) is 4.28. The minimum Gasteiger partial charge on any atom is -0.496 e. The lowest BCUT2D eigenvalue weighted by Crippen LogP contribution is -2.23. The summed E-state index contributed by atoms with van der Waals surface area (Å²) in [5.41, 5.74) is 1.19. The highest BCUT2D eigenvalue weighted by Gasteiger charge is 2.21. The van der Waals surface area contributed by atoms with Crippen LogP contribution in [0.1, 0.15) is 23.2 Å². The number of benzene rings is 2. The molecule has 5 heteroatoms. The normalized spacial score (nSPS) is 14.0. The summed E-state index contributed by atoms with van der Waals surface area (Å²) in [6, 6.07) is 13.8. The molecule has 1 fully saturated rings. The van der Waals surface area contributed by atoms with E-state index in [1.54, 1.807) is 53.4 Å². The Morgan fingerprint density at radius 2 is 1.83 bits per heavy atom. The largest absolute Gasteiger partial charge is 0.496 e. The monoisotopic (exact) mass is 311 g/mol. The fourth-order valence-electron chi connectivity index (χ4n) is 2.59. The van der Waals surface area contributed by atoms with Crippen LogP contribution < -0.4 is 14.4 Å². The zero-order chi connectivity index (χ0) is 16.2. The summed E-state index contributed by atoms with van der Waals surface area (Å²) in [6.45, 7) is 0.735. The summed E-state index contributed by atoms with van der Waals surface area (Å²) >= 11 is 0. The van der Waals surface area contributed by atoms with Gasteiger partial charge in [0.25, 0.3) is 0 Å². The molecule has 0 N–H and O–H groups in total. The van der Waals surface area contributed by atoms with Crippen LogP contribution in [0, 0.1) is 0 Å². The molecule has 1 aliphatic rings. The van der Waals surface area contributed by atoms with E-state index in [4.69, 9.17) is 9.47 Å². The van der Waals surface area contributed by atoms with Gasteiger partial charge in [-0.25, -0.2) is 4.79 Å². The van der Waals surface area contributed by atoms with Crippen LogP contribution in [-0.4, -0.2) is 25.5 Å². The van der Waals surface area contributed by atoms with E-state index in [1.807, 2.05) is 0 Å². The molecule has 2 aromatic carbocycles. The van der Waals surface area contributed by atoms with Crippen molar-refractivity contribution < 1.29 is 19.1 Å². The number of amides is 1. The smallest absolute Gasteiger partial charge is 0.347 e. The van der Waals surface area contributed by atoms with Gasteiger partial charge in [0.2, 0.25) is 5.91 Å². The van der Waals surface area contributed by atoms with Gasteiger partial charge in [-0.3, -0.25) is 4.79 Å². The third-order valence-electron chi connectivity index (χ3n) is 3.76. The zero-order valence-electron chi connectivity index (χ0n) is 12.8. The van der Waals surface area contributed by atoms with E-state index in [0.717, 1.165) is 18.7 Å². The third kappa shape index (κ3) is 3.18. The number of hydrogen-bond acceptors (Lipinski definition) is 4. The molecular formula is C18H17NO4. The predicted octanol–water partition coefficient (Wildman–Crippen LogP) is 3.04. The van der Waals surface area contributed by atoms with Crippen LogP contribution in [0.4, 0.5) is 5.69 Å². The summed E-state index contributed by atoms with van der Waals surface area (Å²) in [6.07, 6.45) is 1.47. The van der Waals surface area contributed by atoms with Crippen molar-refractivity contribution in [2.75, 3.05) is 18.6 Å². The molecule has 1 amide bonds. The molecule has 23 heavy (non-hydrogen) atoms. The lowest BCUT2D eigenvalue weighted by Gasteiger charge is -2.16. The Hall–Kier alpha value is -2.82. The van der Waals surface area contributed by atoms with Crippen molar-refractivity contribution in [3.63, 3.8) is 0 Å². The first kappa shape index (κ1) is 15.1. The summed E-state index contributed by atoms with van der Waals surface area (Å²) in [4.78, 5) is 25.7. The lowest BCUT2D eigenvalue weighted by molar-refractivity contribution is -0.117. The number of carbonyl (C=O) groups excluding carboxylic acids is 2. The van der Waals surface area contributed by atoms with Crippen molar-refractivity contribution in [2.45, 2.75) is 12.8 Å². The maximum atomic E-state index is 12.2. The maximum Gasteiger partial charge on any atom is 0.347 e. The van der Waals surface area contributed by atoms with Crippen LogP contribution in [0.15, 0.2) is 48.5 Å². The van der Waals surface area contributed by atoms with Gasteiger partial charge in [0.1, 0.15) is 17.1 Å².